The Morgan fingerprint density at radius 3 is 2.22 bits per heavy atom. The van der Waals surface area contributed by atoms with Crippen LogP contribution in [0.2, 0.25) is 0 Å². The first-order valence-electron chi connectivity index (χ1n) is 7.95. The van der Waals surface area contributed by atoms with E-state index in [2.05, 4.69) is 68.6 Å². The van der Waals surface area contributed by atoms with E-state index in [1.165, 1.54) is 22.3 Å². The molecule has 0 saturated heterocycles. The molecule has 3 heteroatoms. The maximum Gasteiger partial charge on any atom is 0.230 e. The van der Waals surface area contributed by atoms with Crippen molar-refractivity contribution in [3.05, 3.63) is 70.3 Å². The van der Waals surface area contributed by atoms with Gasteiger partial charge in [-0.2, -0.15) is 0 Å². The minimum atomic E-state index is 0.0462. The molecular weight excluding hydrogens is 302 g/mol. The third kappa shape index (κ3) is 5.76. The first-order chi connectivity index (χ1) is 10.9. The number of thioether (sulfide) groups is 1. The summed E-state index contributed by atoms with van der Waals surface area (Å²) in [5.41, 5.74) is 6.21. The van der Waals surface area contributed by atoms with Crippen LogP contribution >= 0.6 is 11.8 Å². The predicted molar refractivity (Wildman–Crippen MR) is 99.8 cm³/mol. The number of amides is 1. The molecule has 122 valence electrons. The summed E-state index contributed by atoms with van der Waals surface area (Å²) in [6, 6.07) is 14.9. The van der Waals surface area contributed by atoms with E-state index in [9.17, 15) is 4.79 Å². The standard InChI is InChI=1S/C20H25NOS/c1-14-5-7-19(8-6-14)17(4)21-20(22)13-23-12-18-10-15(2)9-16(3)11-18/h5-11,17H,12-13H2,1-4H3,(H,21,22)/t17-/m1/s1. The summed E-state index contributed by atoms with van der Waals surface area (Å²) >= 11 is 1.66. The highest BCUT2D eigenvalue weighted by Crippen LogP contribution is 2.17. The molecule has 1 amide bonds. The van der Waals surface area contributed by atoms with Crippen molar-refractivity contribution in [3.8, 4) is 0 Å². The minimum Gasteiger partial charge on any atom is -0.349 e. The third-order valence-corrected chi connectivity index (χ3v) is 4.74. The van der Waals surface area contributed by atoms with Gasteiger partial charge in [0.25, 0.3) is 0 Å². The Balaban J connectivity index is 1.79. The fourth-order valence-corrected chi connectivity index (χ4v) is 3.41. The summed E-state index contributed by atoms with van der Waals surface area (Å²) in [7, 11) is 0. The number of carbonyl (C=O) groups excluding carboxylic acids is 1. The molecule has 2 rings (SSSR count). The number of aryl methyl sites for hydroxylation is 3. The summed E-state index contributed by atoms with van der Waals surface area (Å²) in [4.78, 5) is 12.1. The number of hydrogen-bond donors (Lipinski definition) is 1. The van der Waals surface area contributed by atoms with E-state index >= 15 is 0 Å². The quantitative estimate of drug-likeness (QED) is 0.831. The van der Waals surface area contributed by atoms with Gasteiger partial charge in [0.1, 0.15) is 0 Å². The molecule has 0 aromatic heterocycles. The molecule has 1 atom stereocenters. The van der Waals surface area contributed by atoms with Gasteiger partial charge in [0, 0.05) is 5.75 Å². The number of carbonyl (C=O) groups is 1. The smallest absolute Gasteiger partial charge is 0.230 e. The molecule has 0 aliphatic heterocycles. The molecule has 0 aliphatic rings. The van der Waals surface area contributed by atoms with Crippen LogP contribution < -0.4 is 5.32 Å². The van der Waals surface area contributed by atoms with Gasteiger partial charge in [0.05, 0.1) is 11.8 Å². The zero-order chi connectivity index (χ0) is 16.8. The average molecular weight is 327 g/mol. The number of nitrogens with one attached hydrogen (secondary N) is 1. The van der Waals surface area contributed by atoms with Crippen molar-refractivity contribution in [2.24, 2.45) is 0 Å². The summed E-state index contributed by atoms with van der Waals surface area (Å²) in [6.45, 7) is 8.31. The molecule has 0 unspecified atom stereocenters. The van der Waals surface area contributed by atoms with Crippen molar-refractivity contribution in [2.45, 2.75) is 39.5 Å². The predicted octanol–water partition coefficient (Wildman–Crippen LogP) is 4.72. The number of hydrogen-bond acceptors (Lipinski definition) is 2. The van der Waals surface area contributed by atoms with Gasteiger partial charge in [0.15, 0.2) is 0 Å². The second kappa shape index (κ2) is 8.21. The molecular formula is C20H25NOS. The maximum atomic E-state index is 12.1. The lowest BCUT2D eigenvalue weighted by Crippen LogP contribution is -2.28. The summed E-state index contributed by atoms with van der Waals surface area (Å²) in [6.07, 6.45) is 0. The van der Waals surface area contributed by atoms with Gasteiger partial charge in [-0.1, -0.05) is 59.2 Å². The van der Waals surface area contributed by atoms with E-state index in [0.717, 1.165) is 11.3 Å². The first kappa shape index (κ1) is 17.6. The van der Waals surface area contributed by atoms with Gasteiger partial charge in [-0.25, -0.2) is 0 Å². The first-order valence-corrected chi connectivity index (χ1v) is 9.10. The Labute approximate surface area is 143 Å². The monoisotopic (exact) mass is 327 g/mol. The molecule has 2 nitrogen and oxygen atoms in total. The Morgan fingerprint density at radius 1 is 1.00 bits per heavy atom. The maximum absolute atomic E-state index is 12.1. The molecule has 2 aromatic carbocycles. The average Bonchev–Trinajstić information content (AvgIpc) is 2.46. The fourth-order valence-electron chi connectivity index (χ4n) is 2.64. The van der Waals surface area contributed by atoms with Gasteiger partial charge in [-0.15, -0.1) is 11.8 Å². The molecule has 2 aromatic rings. The number of benzene rings is 2. The van der Waals surface area contributed by atoms with Gasteiger partial charge in [-0.3, -0.25) is 4.79 Å². The van der Waals surface area contributed by atoms with Crippen LogP contribution in [0, 0.1) is 20.8 Å². The highest BCUT2D eigenvalue weighted by molar-refractivity contribution is 7.99. The number of rotatable bonds is 6. The van der Waals surface area contributed by atoms with Crippen molar-refractivity contribution in [2.75, 3.05) is 5.75 Å². The molecule has 0 bridgehead atoms. The minimum absolute atomic E-state index is 0.0462. The summed E-state index contributed by atoms with van der Waals surface area (Å²) < 4.78 is 0. The van der Waals surface area contributed by atoms with E-state index in [0.29, 0.717) is 5.75 Å². The van der Waals surface area contributed by atoms with Crippen LogP contribution in [0.1, 0.15) is 40.8 Å². The van der Waals surface area contributed by atoms with Crippen LogP contribution in [0.3, 0.4) is 0 Å². The van der Waals surface area contributed by atoms with Crippen LogP contribution in [0.5, 0.6) is 0 Å². The molecule has 0 saturated carbocycles. The highest BCUT2D eigenvalue weighted by Gasteiger charge is 2.09. The lowest BCUT2D eigenvalue weighted by atomic mass is 10.1. The van der Waals surface area contributed by atoms with Crippen molar-refractivity contribution < 1.29 is 4.79 Å². The SMILES string of the molecule is Cc1ccc([C@@H](C)NC(=O)CSCc2cc(C)cc(C)c2)cc1. The normalized spacial score (nSPS) is 12.0. The van der Waals surface area contributed by atoms with Gasteiger partial charge in [-0.05, 0) is 38.8 Å². The van der Waals surface area contributed by atoms with Crippen molar-refractivity contribution in [1.82, 2.24) is 5.32 Å². The van der Waals surface area contributed by atoms with Gasteiger partial charge in [0.2, 0.25) is 5.91 Å². The van der Waals surface area contributed by atoms with E-state index in [1.807, 2.05) is 6.92 Å². The third-order valence-electron chi connectivity index (χ3n) is 3.74. The Bertz CT molecular complexity index is 644. The summed E-state index contributed by atoms with van der Waals surface area (Å²) in [5.74, 6) is 1.45. The molecule has 0 fully saturated rings. The molecule has 0 spiro atoms. The second-order valence-corrected chi connectivity index (χ2v) is 7.17. The zero-order valence-corrected chi connectivity index (χ0v) is 15.2. The Hall–Kier alpha value is -1.74. The highest BCUT2D eigenvalue weighted by atomic mass is 32.2. The molecule has 0 heterocycles. The van der Waals surface area contributed by atoms with Crippen LogP contribution in [0.25, 0.3) is 0 Å². The van der Waals surface area contributed by atoms with Crippen LogP contribution in [-0.2, 0) is 10.5 Å². The topological polar surface area (TPSA) is 29.1 Å². The molecule has 0 aliphatic carbocycles. The van der Waals surface area contributed by atoms with Crippen molar-refractivity contribution in [1.29, 1.82) is 0 Å². The lowest BCUT2D eigenvalue weighted by molar-refractivity contribution is -0.119. The van der Waals surface area contributed by atoms with E-state index in [-0.39, 0.29) is 11.9 Å². The zero-order valence-electron chi connectivity index (χ0n) is 14.3. The lowest BCUT2D eigenvalue weighted by Gasteiger charge is -2.14. The van der Waals surface area contributed by atoms with Crippen LogP contribution in [-0.4, -0.2) is 11.7 Å². The van der Waals surface area contributed by atoms with E-state index in [4.69, 9.17) is 0 Å². The second-order valence-electron chi connectivity index (χ2n) is 6.19. The largest absolute Gasteiger partial charge is 0.349 e. The molecule has 0 radical (unpaired) electrons. The summed E-state index contributed by atoms with van der Waals surface area (Å²) in [5, 5.41) is 3.06. The Morgan fingerprint density at radius 2 is 1.61 bits per heavy atom. The molecule has 23 heavy (non-hydrogen) atoms. The van der Waals surface area contributed by atoms with Gasteiger partial charge >= 0.3 is 0 Å². The van der Waals surface area contributed by atoms with E-state index < -0.39 is 0 Å². The van der Waals surface area contributed by atoms with Crippen LogP contribution in [0.15, 0.2) is 42.5 Å². The van der Waals surface area contributed by atoms with Gasteiger partial charge < -0.3 is 5.32 Å². The van der Waals surface area contributed by atoms with Crippen molar-refractivity contribution in [3.63, 3.8) is 0 Å². The van der Waals surface area contributed by atoms with Crippen molar-refractivity contribution >= 4 is 17.7 Å². The van der Waals surface area contributed by atoms with Crippen LogP contribution in [0.4, 0.5) is 0 Å². The fraction of sp³-hybridized carbons (Fsp3) is 0.350. The van der Waals surface area contributed by atoms with E-state index in [1.54, 1.807) is 11.8 Å². The Kier molecular flexibility index (Phi) is 6.28. The molecule has 1 N–H and O–H groups in total.